The van der Waals surface area contributed by atoms with Crippen molar-refractivity contribution in [3.05, 3.63) is 130 Å². The topological polar surface area (TPSA) is 18.5 Å². The number of hydrogen-bond acceptors (Lipinski definition) is 2. The van der Waals surface area contributed by atoms with Gasteiger partial charge in [0.05, 0.1) is 0 Å². The van der Waals surface area contributed by atoms with Crippen molar-refractivity contribution < 1.29 is 27.0 Å². The van der Waals surface area contributed by atoms with Gasteiger partial charge in [0.15, 0.2) is 0 Å². The normalized spacial score (nSPS) is 20.5. The molecule has 4 aromatic carbocycles. The summed E-state index contributed by atoms with van der Waals surface area (Å²) in [5.41, 5.74) is 7.10. The van der Waals surface area contributed by atoms with Gasteiger partial charge in [0.1, 0.15) is 11.5 Å². The van der Waals surface area contributed by atoms with Gasteiger partial charge >= 0.3 is 13.2 Å². The minimum atomic E-state index is -2.79. The highest BCUT2D eigenvalue weighted by Crippen LogP contribution is 2.38. The van der Waals surface area contributed by atoms with E-state index in [0.29, 0.717) is 11.8 Å². The number of rotatable bonds is 13. The van der Waals surface area contributed by atoms with Crippen LogP contribution < -0.4 is 9.47 Å². The SMILES string of the molecule is CCC1CCC(c2ccc(C=Cc3ccc(OC(F)F)cc3)cc2)CC1.CCCC1CCC(c2ccc(C=Cc3ccc(OC(F)F)cc3)cc2)CC1. The van der Waals surface area contributed by atoms with E-state index in [2.05, 4.69) is 71.9 Å². The van der Waals surface area contributed by atoms with Crippen LogP contribution in [0.1, 0.15) is 130 Å². The zero-order chi connectivity index (χ0) is 37.4. The Kier molecular flexibility index (Phi) is 15.6. The van der Waals surface area contributed by atoms with E-state index in [9.17, 15) is 17.6 Å². The van der Waals surface area contributed by atoms with Gasteiger partial charge in [-0.05, 0) is 133 Å². The van der Waals surface area contributed by atoms with Gasteiger partial charge < -0.3 is 9.47 Å². The fraction of sp³-hybridized carbons (Fsp3) is 0.404. The maximum Gasteiger partial charge on any atom is 0.387 e. The molecule has 0 unspecified atom stereocenters. The molecule has 4 aromatic rings. The average molecular weight is 727 g/mol. The summed E-state index contributed by atoms with van der Waals surface area (Å²) >= 11 is 0. The summed E-state index contributed by atoms with van der Waals surface area (Å²) in [6.07, 6.45) is 22.7. The number of halogens is 4. The second-order valence-corrected chi connectivity index (χ2v) is 14.5. The molecule has 0 aliphatic heterocycles. The molecule has 282 valence electrons. The van der Waals surface area contributed by atoms with Crippen molar-refractivity contribution in [3.8, 4) is 11.5 Å². The van der Waals surface area contributed by atoms with E-state index in [1.54, 1.807) is 48.5 Å². The van der Waals surface area contributed by atoms with Crippen LogP contribution in [0.4, 0.5) is 17.6 Å². The van der Waals surface area contributed by atoms with Gasteiger partial charge in [-0.1, -0.05) is 130 Å². The maximum atomic E-state index is 12.2. The highest BCUT2D eigenvalue weighted by Gasteiger charge is 2.22. The first-order valence-corrected chi connectivity index (χ1v) is 19.4. The molecule has 0 radical (unpaired) electrons. The average Bonchev–Trinajstić information content (AvgIpc) is 3.18. The first-order chi connectivity index (χ1) is 25.8. The van der Waals surface area contributed by atoms with Crippen LogP contribution >= 0.6 is 0 Å². The van der Waals surface area contributed by atoms with E-state index in [-0.39, 0.29) is 11.5 Å². The molecule has 2 fully saturated rings. The first kappa shape index (κ1) is 39.9. The summed E-state index contributed by atoms with van der Waals surface area (Å²) < 4.78 is 57.4. The van der Waals surface area contributed by atoms with Crippen LogP contribution in [0.15, 0.2) is 97.1 Å². The highest BCUT2D eigenvalue weighted by molar-refractivity contribution is 5.70. The minimum Gasteiger partial charge on any atom is -0.435 e. The van der Waals surface area contributed by atoms with Crippen molar-refractivity contribution in [1.82, 2.24) is 0 Å². The summed E-state index contributed by atoms with van der Waals surface area (Å²) in [4.78, 5) is 0. The van der Waals surface area contributed by atoms with Crippen LogP contribution in [0.5, 0.6) is 11.5 Å². The lowest BCUT2D eigenvalue weighted by molar-refractivity contribution is -0.0505. The Bertz CT molecular complexity index is 1660. The Morgan fingerprint density at radius 2 is 0.792 bits per heavy atom. The predicted octanol–water partition coefficient (Wildman–Crippen LogP) is 14.7. The lowest BCUT2D eigenvalue weighted by Crippen LogP contribution is -2.13. The van der Waals surface area contributed by atoms with Crippen LogP contribution in [-0.4, -0.2) is 13.2 Å². The summed E-state index contributed by atoms with van der Waals surface area (Å²) in [5, 5.41) is 0. The fourth-order valence-corrected chi connectivity index (χ4v) is 7.76. The van der Waals surface area contributed by atoms with Crippen molar-refractivity contribution in [3.63, 3.8) is 0 Å². The van der Waals surface area contributed by atoms with E-state index in [0.717, 1.165) is 34.1 Å². The molecule has 6 heteroatoms. The van der Waals surface area contributed by atoms with Gasteiger partial charge in [0.25, 0.3) is 0 Å². The van der Waals surface area contributed by atoms with Crippen molar-refractivity contribution >= 4 is 24.3 Å². The molecule has 2 nitrogen and oxygen atoms in total. The van der Waals surface area contributed by atoms with Gasteiger partial charge in [-0.25, -0.2) is 0 Å². The second-order valence-electron chi connectivity index (χ2n) is 14.5. The molecule has 0 heterocycles. The molecular weight excluding hydrogens is 673 g/mol. The van der Waals surface area contributed by atoms with E-state index >= 15 is 0 Å². The lowest BCUT2D eigenvalue weighted by atomic mass is 9.77. The molecule has 0 spiro atoms. The molecule has 0 bridgehead atoms. The molecule has 2 aliphatic carbocycles. The van der Waals surface area contributed by atoms with E-state index in [1.807, 2.05) is 24.3 Å². The summed E-state index contributed by atoms with van der Waals surface area (Å²) in [5.74, 6) is 3.63. The summed E-state index contributed by atoms with van der Waals surface area (Å²) in [6.45, 7) is -0.992. The second kappa shape index (κ2) is 20.8. The standard InChI is InChI=1S/C24H28F2O.C23H26F2O/c1-2-3-18-6-12-21(13-7-18)22-14-8-19(9-15-22)4-5-20-10-16-23(17-11-20)27-24(25)26;1-2-17-5-11-20(12-6-17)21-13-7-18(8-14-21)3-4-19-9-15-22(16-10-19)26-23(24)25/h4-5,8-11,14-18,21,24H,2-3,6-7,12-13H2,1H3;3-4,7-10,13-17,20,23H,2,5-6,11-12H2,1H3. The zero-order valence-corrected chi connectivity index (χ0v) is 31.1. The Balaban J connectivity index is 0.000000204. The van der Waals surface area contributed by atoms with Crippen molar-refractivity contribution in [2.24, 2.45) is 11.8 Å². The van der Waals surface area contributed by atoms with Crippen LogP contribution in [0.25, 0.3) is 24.3 Å². The number of benzene rings is 4. The number of hydrogen-bond donors (Lipinski definition) is 0. The summed E-state index contributed by atoms with van der Waals surface area (Å²) in [7, 11) is 0. The fourth-order valence-electron chi connectivity index (χ4n) is 7.76. The van der Waals surface area contributed by atoms with Crippen LogP contribution in [-0.2, 0) is 0 Å². The van der Waals surface area contributed by atoms with Gasteiger partial charge in [0.2, 0.25) is 0 Å². The van der Waals surface area contributed by atoms with Crippen LogP contribution in [0.2, 0.25) is 0 Å². The molecule has 6 rings (SSSR count). The van der Waals surface area contributed by atoms with E-state index < -0.39 is 13.2 Å². The van der Waals surface area contributed by atoms with Crippen molar-refractivity contribution in [2.75, 3.05) is 0 Å². The molecule has 2 saturated carbocycles. The molecule has 0 atom stereocenters. The zero-order valence-electron chi connectivity index (χ0n) is 31.1. The van der Waals surface area contributed by atoms with Gasteiger partial charge in [-0.15, -0.1) is 0 Å². The van der Waals surface area contributed by atoms with E-state index in [4.69, 9.17) is 0 Å². The quantitative estimate of drug-likeness (QED) is 0.101. The Labute approximate surface area is 314 Å². The third-order valence-corrected chi connectivity index (χ3v) is 10.9. The molecule has 0 amide bonds. The molecule has 0 N–H and O–H groups in total. The Hall–Kier alpha value is -4.32. The van der Waals surface area contributed by atoms with Gasteiger partial charge in [-0.3, -0.25) is 0 Å². The van der Waals surface area contributed by atoms with Gasteiger partial charge in [-0.2, -0.15) is 17.6 Å². The lowest BCUT2D eigenvalue weighted by Gasteiger charge is -2.28. The highest BCUT2D eigenvalue weighted by atomic mass is 19.3. The Morgan fingerprint density at radius 3 is 1.09 bits per heavy atom. The van der Waals surface area contributed by atoms with Crippen LogP contribution in [0.3, 0.4) is 0 Å². The van der Waals surface area contributed by atoms with Crippen molar-refractivity contribution in [1.29, 1.82) is 0 Å². The smallest absolute Gasteiger partial charge is 0.387 e. The first-order valence-electron chi connectivity index (χ1n) is 19.4. The molecule has 0 aromatic heterocycles. The van der Waals surface area contributed by atoms with Crippen LogP contribution in [0, 0.1) is 11.8 Å². The molecule has 53 heavy (non-hydrogen) atoms. The Morgan fingerprint density at radius 1 is 0.472 bits per heavy atom. The third-order valence-electron chi connectivity index (χ3n) is 10.9. The van der Waals surface area contributed by atoms with Gasteiger partial charge in [0, 0.05) is 0 Å². The molecule has 2 aliphatic rings. The molecular formula is C47H54F4O2. The molecule has 0 saturated heterocycles. The monoisotopic (exact) mass is 726 g/mol. The van der Waals surface area contributed by atoms with Crippen molar-refractivity contribution in [2.45, 2.75) is 110 Å². The minimum absolute atomic E-state index is 0.180. The van der Waals surface area contributed by atoms with E-state index in [1.165, 1.54) is 81.8 Å². The number of alkyl halides is 4. The predicted molar refractivity (Wildman–Crippen MR) is 211 cm³/mol. The third kappa shape index (κ3) is 13.2. The summed E-state index contributed by atoms with van der Waals surface area (Å²) in [6, 6.07) is 31.0. The number of ether oxygens (including phenoxy) is 2. The maximum absolute atomic E-state index is 12.2. The largest absolute Gasteiger partial charge is 0.435 e.